The van der Waals surface area contributed by atoms with E-state index in [2.05, 4.69) is 11.2 Å². The predicted molar refractivity (Wildman–Crippen MR) is 97.6 cm³/mol. The van der Waals surface area contributed by atoms with Gasteiger partial charge in [-0.1, -0.05) is 41.9 Å². The number of nitrogens with zero attached hydrogens (tertiary/aromatic N) is 4. The lowest BCUT2D eigenvalue weighted by Crippen LogP contribution is -2.02. The molecule has 0 spiro atoms. The Morgan fingerprint density at radius 2 is 1.76 bits per heavy atom. The van der Waals surface area contributed by atoms with Crippen LogP contribution in [-0.4, -0.2) is 9.78 Å². The van der Waals surface area contributed by atoms with Crippen LogP contribution in [0.5, 0.6) is 0 Å². The van der Waals surface area contributed by atoms with E-state index in [0.717, 1.165) is 5.56 Å². The number of allylic oxidation sites excluding steroid dienone is 1. The van der Waals surface area contributed by atoms with Crippen molar-refractivity contribution >= 4 is 29.1 Å². The van der Waals surface area contributed by atoms with Crippen LogP contribution in [0.3, 0.4) is 0 Å². The van der Waals surface area contributed by atoms with Gasteiger partial charge in [0.2, 0.25) is 0 Å². The summed E-state index contributed by atoms with van der Waals surface area (Å²) < 4.78 is 1.46. The van der Waals surface area contributed by atoms with Crippen LogP contribution in [0.1, 0.15) is 16.8 Å². The van der Waals surface area contributed by atoms with Crippen LogP contribution in [-0.2, 0) is 0 Å². The van der Waals surface area contributed by atoms with Crippen molar-refractivity contribution < 1.29 is 0 Å². The molecule has 1 aromatic heterocycles. The molecule has 0 unspecified atom stereocenters. The average molecular weight is 346 g/mol. The van der Waals surface area contributed by atoms with E-state index in [-0.39, 0.29) is 22.6 Å². The SMILES string of the molecule is N#C/C(=C/c1ccc(Cl)cc1)c1nn(-c2ccccc2)c(N)c1C#N. The second kappa shape index (κ2) is 6.92. The number of para-hydroxylation sites is 1. The summed E-state index contributed by atoms with van der Waals surface area (Å²) in [5.74, 6) is 0.195. The zero-order valence-corrected chi connectivity index (χ0v) is 13.8. The summed E-state index contributed by atoms with van der Waals surface area (Å²) in [5.41, 5.74) is 8.24. The third kappa shape index (κ3) is 3.23. The van der Waals surface area contributed by atoms with Crippen molar-refractivity contribution in [1.82, 2.24) is 9.78 Å². The van der Waals surface area contributed by atoms with Crippen molar-refractivity contribution in [3.8, 4) is 17.8 Å². The van der Waals surface area contributed by atoms with Crippen LogP contribution in [0.15, 0.2) is 54.6 Å². The minimum atomic E-state index is 0.172. The van der Waals surface area contributed by atoms with Crippen molar-refractivity contribution in [2.24, 2.45) is 0 Å². The first kappa shape index (κ1) is 16.3. The smallest absolute Gasteiger partial charge is 0.145 e. The van der Waals surface area contributed by atoms with Gasteiger partial charge in [-0.3, -0.25) is 0 Å². The van der Waals surface area contributed by atoms with E-state index in [1.165, 1.54) is 4.68 Å². The minimum absolute atomic E-state index is 0.172. The Bertz CT molecular complexity index is 1020. The van der Waals surface area contributed by atoms with Gasteiger partial charge in [-0.15, -0.1) is 0 Å². The summed E-state index contributed by atoms with van der Waals surface area (Å²) in [6, 6.07) is 20.4. The fraction of sp³-hybridized carbons (Fsp3) is 0. The summed E-state index contributed by atoms with van der Waals surface area (Å²) in [7, 11) is 0. The van der Waals surface area contributed by atoms with Crippen molar-refractivity contribution in [1.29, 1.82) is 10.5 Å². The van der Waals surface area contributed by atoms with Crippen LogP contribution < -0.4 is 5.73 Å². The third-order valence-corrected chi connectivity index (χ3v) is 3.84. The summed E-state index contributed by atoms with van der Waals surface area (Å²) in [4.78, 5) is 0. The molecule has 0 bridgehead atoms. The molecule has 5 nitrogen and oxygen atoms in total. The zero-order chi connectivity index (χ0) is 17.8. The fourth-order valence-corrected chi connectivity index (χ4v) is 2.50. The molecule has 120 valence electrons. The Labute approximate surface area is 149 Å². The van der Waals surface area contributed by atoms with Crippen molar-refractivity contribution in [3.05, 3.63) is 76.4 Å². The highest BCUT2D eigenvalue weighted by Gasteiger charge is 2.19. The molecule has 0 radical (unpaired) electrons. The number of halogens is 1. The van der Waals surface area contributed by atoms with E-state index in [0.29, 0.717) is 10.7 Å². The molecule has 2 aromatic carbocycles. The standard InChI is InChI=1S/C19H12ClN5/c20-15-8-6-13(7-9-15)10-14(11-21)18-17(12-22)19(23)25(24-18)16-4-2-1-3-5-16/h1-10H,23H2/b14-10-. The zero-order valence-electron chi connectivity index (χ0n) is 13.0. The van der Waals surface area contributed by atoms with Crippen LogP contribution >= 0.6 is 11.6 Å². The van der Waals surface area contributed by atoms with E-state index in [4.69, 9.17) is 17.3 Å². The highest BCUT2D eigenvalue weighted by molar-refractivity contribution is 6.30. The van der Waals surface area contributed by atoms with Crippen molar-refractivity contribution in [3.63, 3.8) is 0 Å². The van der Waals surface area contributed by atoms with Crippen LogP contribution in [0.25, 0.3) is 17.3 Å². The number of hydrogen-bond acceptors (Lipinski definition) is 4. The maximum absolute atomic E-state index is 9.54. The van der Waals surface area contributed by atoms with Crippen molar-refractivity contribution in [2.45, 2.75) is 0 Å². The van der Waals surface area contributed by atoms with Crippen LogP contribution in [0, 0.1) is 22.7 Å². The summed E-state index contributed by atoms with van der Waals surface area (Å²) in [5, 5.41) is 24.0. The van der Waals surface area contributed by atoms with E-state index in [1.54, 1.807) is 30.3 Å². The fourth-order valence-electron chi connectivity index (χ4n) is 2.38. The molecule has 0 amide bonds. The Hall–Kier alpha value is -3.54. The van der Waals surface area contributed by atoms with Gasteiger partial charge in [0.25, 0.3) is 0 Å². The second-order valence-corrected chi connectivity index (χ2v) is 5.63. The molecule has 0 aliphatic heterocycles. The summed E-state index contributed by atoms with van der Waals surface area (Å²) in [6.07, 6.45) is 1.65. The molecule has 6 heteroatoms. The lowest BCUT2D eigenvalue weighted by Gasteiger charge is -2.02. The van der Waals surface area contributed by atoms with E-state index >= 15 is 0 Å². The van der Waals surface area contributed by atoms with Gasteiger partial charge in [0.15, 0.2) is 0 Å². The van der Waals surface area contributed by atoms with Gasteiger partial charge in [-0.2, -0.15) is 15.6 Å². The molecule has 0 aliphatic carbocycles. The maximum atomic E-state index is 9.54. The normalized spacial score (nSPS) is 10.9. The molecule has 0 saturated carbocycles. The molecule has 1 heterocycles. The second-order valence-electron chi connectivity index (χ2n) is 5.19. The van der Waals surface area contributed by atoms with Gasteiger partial charge in [0, 0.05) is 5.02 Å². The quantitative estimate of drug-likeness (QED) is 0.725. The number of nitrogens with two attached hydrogens (primary N) is 1. The molecule has 3 rings (SSSR count). The molecular weight excluding hydrogens is 334 g/mol. The first-order chi connectivity index (χ1) is 12.1. The lowest BCUT2D eigenvalue weighted by molar-refractivity contribution is 0.885. The molecule has 0 fully saturated rings. The highest BCUT2D eigenvalue weighted by atomic mass is 35.5. The number of anilines is 1. The molecule has 0 atom stereocenters. The number of rotatable bonds is 3. The Morgan fingerprint density at radius 1 is 1.08 bits per heavy atom. The van der Waals surface area contributed by atoms with Crippen LogP contribution in [0.2, 0.25) is 5.02 Å². The molecule has 3 aromatic rings. The van der Waals surface area contributed by atoms with E-state index in [9.17, 15) is 10.5 Å². The Kier molecular flexibility index (Phi) is 4.52. The molecule has 25 heavy (non-hydrogen) atoms. The van der Waals surface area contributed by atoms with Gasteiger partial charge < -0.3 is 5.73 Å². The maximum Gasteiger partial charge on any atom is 0.145 e. The Balaban J connectivity index is 2.14. The van der Waals surface area contributed by atoms with Crippen molar-refractivity contribution in [2.75, 3.05) is 5.73 Å². The molecule has 0 aliphatic rings. The lowest BCUT2D eigenvalue weighted by atomic mass is 10.1. The first-order valence-corrected chi connectivity index (χ1v) is 7.73. The summed E-state index contributed by atoms with van der Waals surface area (Å²) in [6.45, 7) is 0. The van der Waals surface area contributed by atoms with E-state index in [1.807, 2.05) is 36.4 Å². The number of benzene rings is 2. The number of hydrogen-bond donors (Lipinski definition) is 1. The monoisotopic (exact) mass is 345 g/mol. The van der Waals surface area contributed by atoms with Gasteiger partial charge >= 0.3 is 0 Å². The van der Waals surface area contributed by atoms with E-state index < -0.39 is 0 Å². The number of nitrogen functional groups attached to an aromatic ring is 1. The van der Waals surface area contributed by atoms with Gasteiger partial charge in [0.1, 0.15) is 29.2 Å². The topological polar surface area (TPSA) is 91.4 Å². The first-order valence-electron chi connectivity index (χ1n) is 7.36. The largest absolute Gasteiger partial charge is 0.382 e. The number of nitriles is 2. The summed E-state index contributed by atoms with van der Waals surface area (Å²) >= 11 is 5.88. The Morgan fingerprint density at radius 3 is 2.36 bits per heavy atom. The average Bonchev–Trinajstić information content (AvgIpc) is 2.98. The van der Waals surface area contributed by atoms with Gasteiger partial charge in [-0.25, -0.2) is 4.68 Å². The minimum Gasteiger partial charge on any atom is -0.382 e. The third-order valence-electron chi connectivity index (χ3n) is 3.59. The molecule has 0 saturated heterocycles. The number of aromatic nitrogens is 2. The van der Waals surface area contributed by atoms with Gasteiger partial charge in [-0.05, 0) is 35.9 Å². The predicted octanol–water partition coefficient (Wildman–Crippen LogP) is 4.04. The highest BCUT2D eigenvalue weighted by Crippen LogP contribution is 2.27. The van der Waals surface area contributed by atoms with Gasteiger partial charge in [0.05, 0.1) is 11.3 Å². The van der Waals surface area contributed by atoms with Crippen LogP contribution in [0.4, 0.5) is 5.82 Å². The molecule has 2 N–H and O–H groups in total. The molecular formula is C19H12ClN5.